The Morgan fingerprint density at radius 3 is 2.75 bits per heavy atom. The number of anilines is 1. The molecule has 1 aromatic heterocycles. The first-order chi connectivity index (χ1) is 9.52. The molecule has 1 aromatic rings. The molecule has 0 aliphatic heterocycles. The van der Waals surface area contributed by atoms with E-state index in [0.717, 1.165) is 0 Å². The molecular formula is C11H14BrN5O3. The van der Waals surface area contributed by atoms with Crippen LogP contribution < -0.4 is 16.0 Å². The zero-order chi connectivity index (χ0) is 14.5. The van der Waals surface area contributed by atoms with Crippen LogP contribution in [0.5, 0.6) is 0 Å². The third-order valence-corrected chi connectivity index (χ3v) is 3.27. The minimum Gasteiger partial charge on any atom is -0.465 e. The molecule has 1 aliphatic rings. The molecule has 0 unspecified atom stereocenters. The first-order valence-corrected chi connectivity index (χ1v) is 6.82. The summed E-state index contributed by atoms with van der Waals surface area (Å²) in [4.78, 5) is 30.0. The van der Waals surface area contributed by atoms with E-state index in [1.807, 2.05) is 0 Å². The van der Waals surface area contributed by atoms with Crippen LogP contribution in [0.2, 0.25) is 0 Å². The van der Waals surface area contributed by atoms with Crippen molar-refractivity contribution in [1.29, 1.82) is 0 Å². The molecule has 1 fully saturated rings. The van der Waals surface area contributed by atoms with Gasteiger partial charge >= 0.3 is 6.09 Å². The average molecular weight is 344 g/mol. The second kappa shape index (κ2) is 6.62. The Kier molecular flexibility index (Phi) is 4.85. The number of nitrogens with one attached hydrogen (secondary N) is 3. The van der Waals surface area contributed by atoms with Crippen LogP contribution in [-0.2, 0) is 4.79 Å². The lowest BCUT2D eigenvalue weighted by atomic mass is 9.87. The van der Waals surface area contributed by atoms with Gasteiger partial charge in [0.25, 0.3) is 0 Å². The molecule has 2 rings (SSSR count). The fraction of sp³-hybridized carbons (Fsp3) is 0.455. The minimum atomic E-state index is -1.01. The van der Waals surface area contributed by atoms with Gasteiger partial charge in [0.2, 0.25) is 5.91 Å². The van der Waals surface area contributed by atoms with Crippen LogP contribution in [0.4, 0.5) is 10.6 Å². The number of hydrogen-bond donors (Lipinski definition) is 4. The smallest absolute Gasteiger partial charge is 0.404 e. The van der Waals surface area contributed by atoms with Gasteiger partial charge in [0.15, 0.2) is 5.82 Å². The number of carboxylic acid groups (broad SMARTS) is 1. The van der Waals surface area contributed by atoms with Crippen molar-refractivity contribution in [2.24, 2.45) is 0 Å². The lowest BCUT2D eigenvalue weighted by molar-refractivity contribution is -0.115. The topological polar surface area (TPSA) is 116 Å². The molecule has 1 aliphatic carbocycles. The SMILES string of the molecule is O=C(CN[C@H]1C[C@H](NC(=O)O)C1)Nc1cncc(Br)n1. The quantitative estimate of drug-likeness (QED) is 0.620. The van der Waals surface area contributed by atoms with Gasteiger partial charge in [-0.25, -0.2) is 9.78 Å². The molecule has 20 heavy (non-hydrogen) atoms. The van der Waals surface area contributed by atoms with Crippen LogP contribution in [0.3, 0.4) is 0 Å². The number of aromatic nitrogens is 2. The van der Waals surface area contributed by atoms with E-state index in [9.17, 15) is 9.59 Å². The van der Waals surface area contributed by atoms with Crippen LogP contribution in [0.25, 0.3) is 0 Å². The van der Waals surface area contributed by atoms with Gasteiger partial charge in [0.1, 0.15) is 4.60 Å². The molecule has 108 valence electrons. The molecule has 0 radical (unpaired) electrons. The molecule has 0 aromatic carbocycles. The van der Waals surface area contributed by atoms with Crippen LogP contribution >= 0.6 is 15.9 Å². The Labute approximate surface area is 123 Å². The van der Waals surface area contributed by atoms with Crippen molar-refractivity contribution in [3.8, 4) is 0 Å². The number of nitrogens with zero attached hydrogens (tertiary/aromatic N) is 2. The van der Waals surface area contributed by atoms with E-state index in [2.05, 4.69) is 41.8 Å². The molecule has 9 heteroatoms. The van der Waals surface area contributed by atoms with Gasteiger partial charge < -0.3 is 21.1 Å². The summed E-state index contributed by atoms with van der Waals surface area (Å²) in [5, 5.41) is 16.6. The summed E-state index contributed by atoms with van der Waals surface area (Å²) in [6.07, 6.45) is 3.35. The zero-order valence-electron chi connectivity index (χ0n) is 10.5. The summed E-state index contributed by atoms with van der Waals surface area (Å²) in [6, 6.07) is 0.134. The van der Waals surface area contributed by atoms with Gasteiger partial charge in [-0.15, -0.1) is 0 Å². The minimum absolute atomic E-state index is 0.0241. The molecule has 2 amide bonds. The summed E-state index contributed by atoms with van der Waals surface area (Å²) in [5.74, 6) is 0.164. The lowest BCUT2D eigenvalue weighted by Gasteiger charge is -2.35. The molecule has 1 saturated carbocycles. The highest BCUT2D eigenvalue weighted by Crippen LogP contribution is 2.19. The van der Waals surface area contributed by atoms with Gasteiger partial charge in [-0.3, -0.25) is 9.78 Å². The number of amides is 2. The number of rotatable bonds is 5. The fourth-order valence-corrected chi connectivity index (χ4v) is 2.21. The summed E-state index contributed by atoms with van der Waals surface area (Å²) < 4.78 is 0.546. The van der Waals surface area contributed by atoms with E-state index >= 15 is 0 Å². The van der Waals surface area contributed by atoms with Gasteiger partial charge in [-0.1, -0.05) is 0 Å². The Morgan fingerprint density at radius 1 is 1.35 bits per heavy atom. The van der Waals surface area contributed by atoms with Crippen LogP contribution in [-0.4, -0.2) is 45.7 Å². The van der Waals surface area contributed by atoms with Crippen molar-refractivity contribution in [2.45, 2.75) is 24.9 Å². The predicted octanol–water partition coefficient (Wildman–Crippen LogP) is 0.566. The van der Waals surface area contributed by atoms with Crippen molar-refractivity contribution < 1.29 is 14.7 Å². The lowest BCUT2D eigenvalue weighted by Crippen LogP contribution is -2.53. The molecule has 1 heterocycles. The largest absolute Gasteiger partial charge is 0.465 e. The van der Waals surface area contributed by atoms with Gasteiger partial charge in [0.05, 0.1) is 18.9 Å². The molecule has 4 N–H and O–H groups in total. The van der Waals surface area contributed by atoms with E-state index in [1.165, 1.54) is 12.4 Å². The van der Waals surface area contributed by atoms with E-state index < -0.39 is 6.09 Å². The van der Waals surface area contributed by atoms with Crippen molar-refractivity contribution in [1.82, 2.24) is 20.6 Å². The summed E-state index contributed by atoms with van der Waals surface area (Å²) in [7, 11) is 0. The van der Waals surface area contributed by atoms with Gasteiger partial charge in [-0.05, 0) is 28.8 Å². The number of hydrogen-bond acceptors (Lipinski definition) is 5. The van der Waals surface area contributed by atoms with Crippen LogP contribution in [0.1, 0.15) is 12.8 Å². The monoisotopic (exact) mass is 343 g/mol. The molecule has 0 saturated heterocycles. The summed E-state index contributed by atoms with van der Waals surface area (Å²) >= 11 is 3.17. The molecule has 0 bridgehead atoms. The van der Waals surface area contributed by atoms with E-state index in [-0.39, 0.29) is 24.5 Å². The highest BCUT2D eigenvalue weighted by Gasteiger charge is 2.30. The van der Waals surface area contributed by atoms with Crippen molar-refractivity contribution >= 4 is 33.7 Å². The first kappa shape index (κ1) is 14.7. The Morgan fingerprint density at radius 2 is 2.10 bits per heavy atom. The van der Waals surface area contributed by atoms with Crippen LogP contribution in [0.15, 0.2) is 17.0 Å². The normalized spacial score (nSPS) is 20.9. The maximum Gasteiger partial charge on any atom is 0.404 e. The zero-order valence-corrected chi connectivity index (χ0v) is 12.1. The highest BCUT2D eigenvalue weighted by atomic mass is 79.9. The number of carbonyl (C=O) groups is 2. The molecule has 8 nitrogen and oxygen atoms in total. The first-order valence-electron chi connectivity index (χ1n) is 6.03. The van der Waals surface area contributed by atoms with Crippen molar-refractivity contribution in [3.63, 3.8) is 0 Å². The van der Waals surface area contributed by atoms with E-state index in [4.69, 9.17) is 5.11 Å². The third kappa shape index (κ3) is 4.42. The summed E-state index contributed by atoms with van der Waals surface area (Å²) in [5.41, 5.74) is 0. The number of carbonyl (C=O) groups excluding carboxylic acids is 1. The fourth-order valence-electron chi connectivity index (χ4n) is 1.90. The average Bonchev–Trinajstić information content (AvgIpc) is 2.31. The standard InChI is InChI=1S/C11H14BrN5O3/c12-8-3-13-4-9(16-8)17-10(18)5-14-6-1-7(2-6)15-11(19)20/h3-4,6-7,14-15H,1-2,5H2,(H,19,20)(H,16,17,18)/t6-,7-. The molecule has 0 atom stereocenters. The second-order valence-electron chi connectivity index (χ2n) is 4.47. The van der Waals surface area contributed by atoms with Gasteiger partial charge in [0, 0.05) is 12.1 Å². The highest BCUT2D eigenvalue weighted by molar-refractivity contribution is 9.10. The van der Waals surface area contributed by atoms with Gasteiger partial charge in [-0.2, -0.15) is 0 Å². The van der Waals surface area contributed by atoms with E-state index in [0.29, 0.717) is 23.3 Å². The maximum atomic E-state index is 11.7. The third-order valence-electron chi connectivity index (χ3n) is 2.89. The molecule has 0 spiro atoms. The van der Waals surface area contributed by atoms with Crippen LogP contribution in [0, 0.1) is 0 Å². The summed E-state index contributed by atoms with van der Waals surface area (Å²) in [6.45, 7) is 0.151. The Balaban J connectivity index is 1.65. The van der Waals surface area contributed by atoms with E-state index in [1.54, 1.807) is 0 Å². The predicted molar refractivity (Wildman–Crippen MR) is 74.3 cm³/mol. The Bertz CT molecular complexity index is 507. The van der Waals surface area contributed by atoms with Crippen molar-refractivity contribution in [2.75, 3.05) is 11.9 Å². The Hall–Kier alpha value is -1.74. The maximum absolute atomic E-state index is 11.7. The second-order valence-corrected chi connectivity index (χ2v) is 5.28. The molecular weight excluding hydrogens is 330 g/mol. The number of halogens is 1. The van der Waals surface area contributed by atoms with Crippen molar-refractivity contribution in [3.05, 3.63) is 17.0 Å².